The predicted octanol–water partition coefficient (Wildman–Crippen LogP) is 4.09. The molecular formula is C14H16ClFN2S. The highest BCUT2D eigenvalue weighted by molar-refractivity contribution is 7.09. The molecule has 0 aliphatic carbocycles. The Bertz CT molecular complexity index is 512. The lowest BCUT2D eigenvalue weighted by molar-refractivity contribution is 0.627. The molecule has 102 valence electrons. The summed E-state index contributed by atoms with van der Waals surface area (Å²) in [4.78, 5) is 6.55. The van der Waals surface area contributed by atoms with Gasteiger partial charge >= 0.3 is 0 Å². The molecule has 2 aromatic rings. The number of hydrogen-bond acceptors (Lipinski definition) is 3. The molecule has 0 amide bonds. The molecule has 0 fully saturated rings. The second kappa shape index (κ2) is 6.87. The van der Waals surface area contributed by atoms with Crippen LogP contribution in [0.15, 0.2) is 29.6 Å². The number of halogens is 2. The second-order valence-electron chi connectivity index (χ2n) is 4.37. The van der Waals surface area contributed by atoms with Crippen LogP contribution < -0.4 is 4.90 Å². The summed E-state index contributed by atoms with van der Waals surface area (Å²) in [6, 6.07) is 6.56. The van der Waals surface area contributed by atoms with Gasteiger partial charge in [-0.3, -0.25) is 0 Å². The molecule has 0 spiro atoms. The van der Waals surface area contributed by atoms with Crippen LogP contribution in [0, 0.1) is 5.82 Å². The standard InChI is InChI=1S/C14H16ClFN2S/c1-18(13-6-4-11(16)5-7-13)8-2-3-14-17-12(9-15)10-19-14/h4-7,10H,2-3,8-9H2,1H3. The van der Waals surface area contributed by atoms with Gasteiger partial charge in [-0.25, -0.2) is 9.37 Å². The Morgan fingerprint density at radius 1 is 1.32 bits per heavy atom. The maximum atomic E-state index is 12.8. The summed E-state index contributed by atoms with van der Waals surface area (Å²) in [5.74, 6) is 0.278. The van der Waals surface area contributed by atoms with Crippen LogP contribution in [0.3, 0.4) is 0 Å². The molecule has 1 aromatic heterocycles. The summed E-state index contributed by atoms with van der Waals surface area (Å²) in [5.41, 5.74) is 1.98. The molecule has 0 saturated carbocycles. The topological polar surface area (TPSA) is 16.1 Å². The Balaban J connectivity index is 1.80. The minimum Gasteiger partial charge on any atom is -0.375 e. The molecule has 0 saturated heterocycles. The van der Waals surface area contributed by atoms with Crippen LogP contribution in [0.5, 0.6) is 0 Å². The molecule has 0 aliphatic heterocycles. The average molecular weight is 299 g/mol. The van der Waals surface area contributed by atoms with Crippen LogP contribution in [0.4, 0.5) is 10.1 Å². The molecule has 1 aromatic carbocycles. The number of anilines is 1. The average Bonchev–Trinajstić information content (AvgIpc) is 2.87. The van der Waals surface area contributed by atoms with E-state index in [1.54, 1.807) is 23.5 Å². The maximum absolute atomic E-state index is 12.8. The summed E-state index contributed by atoms with van der Waals surface area (Å²) in [7, 11) is 2.01. The van der Waals surface area contributed by atoms with Crippen LogP contribution in [0.25, 0.3) is 0 Å². The molecule has 0 N–H and O–H groups in total. The SMILES string of the molecule is CN(CCCc1nc(CCl)cs1)c1ccc(F)cc1. The lowest BCUT2D eigenvalue weighted by atomic mass is 10.2. The number of rotatable bonds is 6. The number of alkyl halides is 1. The Labute approximate surface area is 121 Å². The molecule has 5 heteroatoms. The highest BCUT2D eigenvalue weighted by Gasteiger charge is 2.04. The summed E-state index contributed by atoms with van der Waals surface area (Å²) in [5, 5.41) is 3.13. The van der Waals surface area contributed by atoms with Crippen LogP contribution in [0.1, 0.15) is 17.1 Å². The normalized spacial score (nSPS) is 10.7. The van der Waals surface area contributed by atoms with Gasteiger partial charge in [0, 0.05) is 31.1 Å². The van der Waals surface area contributed by atoms with Crippen molar-refractivity contribution in [3.05, 3.63) is 46.2 Å². The van der Waals surface area contributed by atoms with E-state index in [-0.39, 0.29) is 5.82 Å². The van der Waals surface area contributed by atoms with Crippen molar-refractivity contribution in [2.24, 2.45) is 0 Å². The molecule has 0 atom stereocenters. The molecule has 1 heterocycles. The van der Waals surface area contributed by atoms with Crippen molar-refractivity contribution >= 4 is 28.6 Å². The molecule has 0 unspecified atom stereocenters. The van der Waals surface area contributed by atoms with E-state index >= 15 is 0 Å². The van der Waals surface area contributed by atoms with Crippen LogP contribution in [-0.2, 0) is 12.3 Å². The van der Waals surface area contributed by atoms with Crippen molar-refractivity contribution < 1.29 is 4.39 Å². The number of benzene rings is 1. The van der Waals surface area contributed by atoms with Gasteiger partial charge in [0.25, 0.3) is 0 Å². The summed E-state index contributed by atoms with van der Waals surface area (Å²) in [6.45, 7) is 0.918. The summed E-state index contributed by atoms with van der Waals surface area (Å²) >= 11 is 7.38. The maximum Gasteiger partial charge on any atom is 0.123 e. The second-order valence-corrected chi connectivity index (χ2v) is 5.58. The smallest absolute Gasteiger partial charge is 0.123 e. The highest BCUT2D eigenvalue weighted by Crippen LogP contribution is 2.16. The fourth-order valence-corrected chi connectivity index (χ4v) is 2.89. The van der Waals surface area contributed by atoms with E-state index in [0.29, 0.717) is 5.88 Å². The Morgan fingerprint density at radius 2 is 2.05 bits per heavy atom. The third-order valence-corrected chi connectivity index (χ3v) is 4.12. The van der Waals surface area contributed by atoms with E-state index in [2.05, 4.69) is 9.88 Å². The number of aromatic nitrogens is 1. The molecule has 2 nitrogen and oxygen atoms in total. The Hall–Kier alpha value is -1.13. The first-order valence-corrected chi connectivity index (χ1v) is 7.56. The summed E-state index contributed by atoms with van der Waals surface area (Å²) in [6.07, 6.45) is 1.97. The van der Waals surface area contributed by atoms with E-state index < -0.39 is 0 Å². The van der Waals surface area contributed by atoms with Crippen molar-refractivity contribution in [2.75, 3.05) is 18.5 Å². The van der Waals surface area contributed by atoms with E-state index in [0.717, 1.165) is 35.8 Å². The van der Waals surface area contributed by atoms with Gasteiger partial charge in [-0.05, 0) is 30.7 Å². The summed E-state index contributed by atoms with van der Waals surface area (Å²) < 4.78 is 12.8. The Kier molecular flexibility index (Phi) is 5.16. The van der Waals surface area contributed by atoms with Crippen LogP contribution in [0.2, 0.25) is 0 Å². The van der Waals surface area contributed by atoms with E-state index in [4.69, 9.17) is 11.6 Å². The van der Waals surface area contributed by atoms with Gasteiger partial charge in [0.1, 0.15) is 5.82 Å². The zero-order chi connectivity index (χ0) is 13.7. The fourth-order valence-electron chi connectivity index (χ4n) is 1.82. The van der Waals surface area contributed by atoms with E-state index in [9.17, 15) is 4.39 Å². The molecule has 0 bridgehead atoms. The number of nitrogens with zero attached hydrogens (tertiary/aromatic N) is 2. The highest BCUT2D eigenvalue weighted by atomic mass is 35.5. The molecule has 0 aliphatic rings. The van der Waals surface area contributed by atoms with Crippen molar-refractivity contribution in [2.45, 2.75) is 18.7 Å². The number of thiazole rings is 1. The minimum absolute atomic E-state index is 0.200. The zero-order valence-electron chi connectivity index (χ0n) is 10.8. The fraction of sp³-hybridized carbons (Fsp3) is 0.357. The Morgan fingerprint density at radius 3 is 2.68 bits per heavy atom. The molecule has 0 radical (unpaired) electrons. The number of hydrogen-bond donors (Lipinski definition) is 0. The van der Waals surface area contributed by atoms with Crippen LogP contribution >= 0.6 is 22.9 Å². The van der Waals surface area contributed by atoms with Gasteiger partial charge in [0.15, 0.2) is 0 Å². The van der Waals surface area contributed by atoms with Crippen molar-refractivity contribution in [1.82, 2.24) is 4.98 Å². The van der Waals surface area contributed by atoms with Gasteiger partial charge in [-0.2, -0.15) is 0 Å². The van der Waals surface area contributed by atoms with Gasteiger partial charge in [0.05, 0.1) is 16.6 Å². The predicted molar refractivity (Wildman–Crippen MR) is 79.7 cm³/mol. The minimum atomic E-state index is -0.200. The molecular weight excluding hydrogens is 283 g/mol. The third-order valence-electron chi connectivity index (χ3n) is 2.89. The van der Waals surface area contributed by atoms with Gasteiger partial charge in [-0.1, -0.05) is 0 Å². The first kappa shape index (κ1) is 14.3. The monoisotopic (exact) mass is 298 g/mol. The van der Waals surface area contributed by atoms with Crippen molar-refractivity contribution in [1.29, 1.82) is 0 Å². The number of aryl methyl sites for hydroxylation is 1. The van der Waals surface area contributed by atoms with E-state index in [1.165, 1.54) is 12.1 Å². The lowest BCUT2D eigenvalue weighted by Gasteiger charge is -2.18. The van der Waals surface area contributed by atoms with Gasteiger partial charge in [0.2, 0.25) is 0 Å². The van der Waals surface area contributed by atoms with Crippen LogP contribution in [-0.4, -0.2) is 18.6 Å². The van der Waals surface area contributed by atoms with Gasteiger partial charge < -0.3 is 4.90 Å². The van der Waals surface area contributed by atoms with E-state index in [1.807, 2.05) is 12.4 Å². The lowest BCUT2D eigenvalue weighted by Crippen LogP contribution is -2.18. The quantitative estimate of drug-likeness (QED) is 0.747. The van der Waals surface area contributed by atoms with Crippen molar-refractivity contribution in [3.8, 4) is 0 Å². The molecule has 2 rings (SSSR count). The first-order valence-electron chi connectivity index (χ1n) is 6.15. The first-order chi connectivity index (χ1) is 9.19. The molecule has 19 heavy (non-hydrogen) atoms. The largest absolute Gasteiger partial charge is 0.375 e. The third kappa shape index (κ3) is 4.18. The van der Waals surface area contributed by atoms with Gasteiger partial charge in [-0.15, -0.1) is 22.9 Å². The van der Waals surface area contributed by atoms with Crippen molar-refractivity contribution in [3.63, 3.8) is 0 Å². The zero-order valence-corrected chi connectivity index (χ0v) is 12.3.